The van der Waals surface area contributed by atoms with Gasteiger partial charge in [-0.2, -0.15) is 0 Å². The van der Waals surface area contributed by atoms with Crippen LogP contribution in [0.25, 0.3) is 0 Å². The van der Waals surface area contributed by atoms with Crippen molar-refractivity contribution in [2.75, 3.05) is 18.5 Å². The first kappa shape index (κ1) is 21.0. The quantitative estimate of drug-likeness (QED) is 0.637. The Labute approximate surface area is 163 Å². The number of hydrogen-bond donors (Lipinski definition) is 3. The highest BCUT2D eigenvalue weighted by atomic mass is 16.5. The van der Waals surface area contributed by atoms with Crippen LogP contribution in [0.3, 0.4) is 0 Å². The summed E-state index contributed by atoms with van der Waals surface area (Å²) < 4.78 is 4.97. The molecule has 0 aliphatic carbocycles. The molecule has 0 saturated carbocycles. The second-order valence-electron chi connectivity index (χ2n) is 6.79. The molecule has 0 unspecified atom stereocenters. The van der Waals surface area contributed by atoms with Crippen LogP contribution in [0.2, 0.25) is 0 Å². The smallest absolute Gasteiger partial charge is 0.342 e. The molecule has 3 N–H and O–H groups in total. The molecule has 2 aromatic rings. The van der Waals surface area contributed by atoms with E-state index in [0.29, 0.717) is 23.7 Å². The Hall–Kier alpha value is -3.35. The van der Waals surface area contributed by atoms with Crippen molar-refractivity contribution < 1.29 is 24.2 Å². The summed E-state index contributed by atoms with van der Waals surface area (Å²) in [6, 6.07) is 11.1. The highest BCUT2D eigenvalue weighted by molar-refractivity contribution is 6.04. The normalized spacial score (nSPS) is 10.4. The Morgan fingerprint density at radius 1 is 1.07 bits per heavy atom. The summed E-state index contributed by atoms with van der Waals surface area (Å²) in [4.78, 5) is 36.5. The van der Waals surface area contributed by atoms with Crippen molar-refractivity contribution in [1.82, 2.24) is 5.32 Å². The number of esters is 1. The van der Waals surface area contributed by atoms with Crippen LogP contribution in [0.1, 0.15) is 40.1 Å². The van der Waals surface area contributed by atoms with E-state index in [1.807, 2.05) is 13.8 Å². The molecule has 2 amide bonds. The van der Waals surface area contributed by atoms with Crippen molar-refractivity contribution in [2.24, 2.45) is 5.92 Å². The van der Waals surface area contributed by atoms with Gasteiger partial charge in [0.05, 0.1) is 11.3 Å². The molecule has 28 heavy (non-hydrogen) atoms. The molecule has 0 aliphatic rings. The number of aromatic hydroxyl groups is 1. The second-order valence-corrected chi connectivity index (χ2v) is 6.79. The largest absolute Gasteiger partial charge is 0.507 e. The van der Waals surface area contributed by atoms with E-state index >= 15 is 0 Å². The predicted molar refractivity (Wildman–Crippen MR) is 105 cm³/mol. The van der Waals surface area contributed by atoms with Gasteiger partial charge in [-0.15, -0.1) is 0 Å². The summed E-state index contributed by atoms with van der Waals surface area (Å²) in [5, 5.41) is 15.1. The van der Waals surface area contributed by atoms with E-state index in [4.69, 9.17) is 4.74 Å². The lowest BCUT2D eigenvalue weighted by Crippen LogP contribution is -2.29. The second kappa shape index (κ2) is 9.55. The van der Waals surface area contributed by atoms with Crippen molar-refractivity contribution in [3.63, 3.8) is 0 Å². The standard InChI is InChI=1S/C21H24N2O5/c1-13(2)11-22-20(26)15-6-4-5-7-17(15)23-19(25)12-28-21(27)16-10-14(3)8-9-18(16)24/h4-10,13,24H,11-12H2,1-3H3,(H,22,26)(H,23,25). The number of phenols is 1. The molecule has 0 saturated heterocycles. The Kier molecular flexibility index (Phi) is 7.14. The maximum absolute atomic E-state index is 12.3. The first-order chi connectivity index (χ1) is 13.3. The molecule has 0 atom stereocenters. The van der Waals surface area contributed by atoms with Crippen LogP contribution in [0.15, 0.2) is 42.5 Å². The Morgan fingerprint density at radius 3 is 2.50 bits per heavy atom. The lowest BCUT2D eigenvalue weighted by molar-refractivity contribution is -0.119. The molecule has 0 spiro atoms. The van der Waals surface area contributed by atoms with E-state index in [1.54, 1.807) is 37.3 Å². The fourth-order valence-electron chi connectivity index (χ4n) is 2.39. The van der Waals surface area contributed by atoms with Crippen molar-refractivity contribution in [3.8, 4) is 5.75 Å². The van der Waals surface area contributed by atoms with Crippen LogP contribution in [0.5, 0.6) is 5.75 Å². The molecule has 7 heteroatoms. The van der Waals surface area contributed by atoms with Crippen molar-refractivity contribution >= 4 is 23.5 Å². The summed E-state index contributed by atoms with van der Waals surface area (Å²) in [5.41, 5.74) is 1.40. The number of aryl methyl sites for hydroxylation is 1. The minimum atomic E-state index is -0.806. The summed E-state index contributed by atoms with van der Waals surface area (Å²) in [6.07, 6.45) is 0. The lowest BCUT2D eigenvalue weighted by atomic mass is 10.1. The minimum Gasteiger partial charge on any atom is -0.507 e. The summed E-state index contributed by atoms with van der Waals surface area (Å²) in [6.45, 7) is 5.69. The zero-order valence-corrected chi connectivity index (χ0v) is 16.1. The Morgan fingerprint density at radius 2 is 1.79 bits per heavy atom. The van der Waals surface area contributed by atoms with Gasteiger partial charge in [0.2, 0.25) is 0 Å². The number of ether oxygens (including phenoxy) is 1. The maximum atomic E-state index is 12.3. The number of carbonyl (C=O) groups excluding carboxylic acids is 3. The Bertz CT molecular complexity index is 877. The van der Waals surface area contributed by atoms with Gasteiger partial charge in [0.15, 0.2) is 6.61 Å². The summed E-state index contributed by atoms with van der Waals surface area (Å²) in [7, 11) is 0. The molecule has 148 valence electrons. The van der Waals surface area contributed by atoms with Crippen LogP contribution < -0.4 is 10.6 Å². The number of amides is 2. The SMILES string of the molecule is Cc1ccc(O)c(C(=O)OCC(=O)Nc2ccccc2C(=O)NCC(C)C)c1. The highest BCUT2D eigenvalue weighted by Gasteiger charge is 2.17. The molecular weight excluding hydrogens is 360 g/mol. The molecule has 0 aromatic heterocycles. The fourth-order valence-corrected chi connectivity index (χ4v) is 2.39. The van der Waals surface area contributed by atoms with E-state index < -0.39 is 18.5 Å². The number of benzene rings is 2. The Balaban J connectivity index is 1.99. The van der Waals surface area contributed by atoms with E-state index in [9.17, 15) is 19.5 Å². The molecule has 0 fully saturated rings. The molecule has 0 radical (unpaired) electrons. The monoisotopic (exact) mass is 384 g/mol. The zero-order chi connectivity index (χ0) is 20.7. The van der Waals surface area contributed by atoms with Gasteiger partial charge in [0.25, 0.3) is 11.8 Å². The van der Waals surface area contributed by atoms with Crippen LogP contribution in [-0.4, -0.2) is 36.0 Å². The van der Waals surface area contributed by atoms with Crippen LogP contribution in [0.4, 0.5) is 5.69 Å². The number of hydrogen-bond acceptors (Lipinski definition) is 5. The molecule has 7 nitrogen and oxygen atoms in total. The van der Waals surface area contributed by atoms with Gasteiger partial charge < -0.3 is 20.5 Å². The predicted octanol–water partition coefficient (Wildman–Crippen LogP) is 2.88. The number of carbonyl (C=O) groups is 3. The van der Waals surface area contributed by atoms with E-state index in [-0.39, 0.29) is 17.2 Å². The van der Waals surface area contributed by atoms with Gasteiger partial charge in [-0.3, -0.25) is 9.59 Å². The van der Waals surface area contributed by atoms with Gasteiger partial charge in [-0.05, 0) is 37.1 Å². The van der Waals surface area contributed by atoms with Gasteiger partial charge in [0, 0.05) is 6.54 Å². The van der Waals surface area contributed by atoms with Gasteiger partial charge >= 0.3 is 5.97 Å². The van der Waals surface area contributed by atoms with Gasteiger partial charge in [-0.25, -0.2) is 4.79 Å². The van der Waals surface area contributed by atoms with E-state index in [1.165, 1.54) is 12.1 Å². The third-order valence-corrected chi connectivity index (χ3v) is 3.82. The van der Waals surface area contributed by atoms with Crippen molar-refractivity contribution in [3.05, 3.63) is 59.2 Å². The molecular formula is C21H24N2O5. The first-order valence-electron chi connectivity index (χ1n) is 8.91. The van der Waals surface area contributed by atoms with Gasteiger partial charge in [0.1, 0.15) is 11.3 Å². The number of rotatable bonds is 7. The molecule has 2 rings (SSSR count). The average molecular weight is 384 g/mol. The van der Waals surface area contributed by atoms with E-state index in [0.717, 1.165) is 5.56 Å². The third-order valence-electron chi connectivity index (χ3n) is 3.82. The average Bonchev–Trinajstić information content (AvgIpc) is 2.66. The first-order valence-corrected chi connectivity index (χ1v) is 8.91. The number of anilines is 1. The summed E-state index contributed by atoms with van der Waals surface area (Å²) in [5.74, 6) is -1.62. The summed E-state index contributed by atoms with van der Waals surface area (Å²) >= 11 is 0. The van der Waals surface area contributed by atoms with Crippen LogP contribution in [-0.2, 0) is 9.53 Å². The fraction of sp³-hybridized carbons (Fsp3) is 0.286. The van der Waals surface area contributed by atoms with E-state index in [2.05, 4.69) is 10.6 Å². The van der Waals surface area contributed by atoms with Crippen molar-refractivity contribution in [2.45, 2.75) is 20.8 Å². The molecule has 0 aliphatic heterocycles. The zero-order valence-electron chi connectivity index (χ0n) is 16.1. The number of nitrogens with one attached hydrogen (secondary N) is 2. The topological polar surface area (TPSA) is 105 Å². The third kappa shape index (κ3) is 5.84. The molecule has 0 bridgehead atoms. The maximum Gasteiger partial charge on any atom is 0.342 e. The minimum absolute atomic E-state index is 0.0127. The molecule has 2 aromatic carbocycles. The number of phenolic OH excluding ortho intramolecular Hbond substituents is 1. The van der Waals surface area contributed by atoms with Crippen LogP contribution in [0, 0.1) is 12.8 Å². The number of para-hydroxylation sites is 1. The van der Waals surface area contributed by atoms with Crippen LogP contribution >= 0.6 is 0 Å². The van der Waals surface area contributed by atoms with Crippen molar-refractivity contribution in [1.29, 1.82) is 0 Å². The van der Waals surface area contributed by atoms with Gasteiger partial charge in [-0.1, -0.05) is 37.6 Å². The molecule has 0 heterocycles. The lowest BCUT2D eigenvalue weighted by Gasteiger charge is -2.13. The highest BCUT2D eigenvalue weighted by Crippen LogP contribution is 2.19.